The second-order valence-electron chi connectivity index (χ2n) is 1.64. The number of nitrogens with one attached hydrogen (secondary N) is 2. The molecule has 4 heteroatoms. The van der Waals surface area contributed by atoms with E-state index in [2.05, 4.69) is 15.5 Å². The number of H-pyrrole nitrogens is 1. The maximum atomic E-state index is 8.37. The van der Waals surface area contributed by atoms with Crippen molar-refractivity contribution in [1.29, 1.82) is 0 Å². The minimum Gasteiger partial charge on any atom is -0.395 e. The van der Waals surface area contributed by atoms with E-state index in [1.165, 1.54) is 0 Å². The van der Waals surface area contributed by atoms with E-state index < -0.39 is 0 Å². The SMILES string of the molecule is OCCNc1cn[nH]c1. The molecule has 0 aromatic carbocycles. The summed E-state index contributed by atoms with van der Waals surface area (Å²) >= 11 is 0. The largest absolute Gasteiger partial charge is 0.395 e. The molecule has 0 unspecified atom stereocenters. The van der Waals surface area contributed by atoms with E-state index in [9.17, 15) is 0 Å². The Kier molecular flexibility index (Phi) is 2.09. The summed E-state index contributed by atoms with van der Waals surface area (Å²) in [4.78, 5) is 0. The van der Waals surface area contributed by atoms with Crippen LogP contribution in [0.15, 0.2) is 12.4 Å². The second-order valence-corrected chi connectivity index (χ2v) is 1.64. The van der Waals surface area contributed by atoms with Crippen molar-refractivity contribution in [1.82, 2.24) is 10.2 Å². The normalized spacial score (nSPS) is 9.44. The lowest BCUT2D eigenvalue weighted by Crippen LogP contribution is -2.03. The molecule has 1 aromatic rings. The lowest BCUT2D eigenvalue weighted by Gasteiger charge is -1.96. The molecule has 4 nitrogen and oxygen atoms in total. The van der Waals surface area contributed by atoms with Crippen LogP contribution >= 0.6 is 0 Å². The summed E-state index contributed by atoms with van der Waals surface area (Å²) in [5, 5.41) is 17.7. The van der Waals surface area contributed by atoms with Gasteiger partial charge in [0.15, 0.2) is 0 Å². The average molecular weight is 127 g/mol. The highest BCUT2D eigenvalue weighted by atomic mass is 16.3. The number of hydrogen-bond donors (Lipinski definition) is 3. The predicted molar refractivity (Wildman–Crippen MR) is 34.2 cm³/mol. The Labute approximate surface area is 52.9 Å². The van der Waals surface area contributed by atoms with E-state index in [1.54, 1.807) is 12.4 Å². The number of aliphatic hydroxyl groups is 1. The summed E-state index contributed by atoms with van der Waals surface area (Å²) in [5.41, 5.74) is 0.907. The van der Waals surface area contributed by atoms with Crippen LogP contribution in [-0.4, -0.2) is 28.5 Å². The van der Waals surface area contributed by atoms with Crippen molar-refractivity contribution in [2.24, 2.45) is 0 Å². The first-order valence-electron chi connectivity index (χ1n) is 2.77. The molecule has 1 aromatic heterocycles. The minimum atomic E-state index is 0.144. The Balaban J connectivity index is 2.30. The first-order valence-corrected chi connectivity index (χ1v) is 2.77. The molecule has 0 saturated heterocycles. The summed E-state index contributed by atoms with van der Waals surface area (Å²) in [5.74, 6) is 0. The lowest BCUT2D eigenvalue weighted by atomic mass is 10.5. The molecular formula is C5H9N3O. The van der Waals surface area contributed by atoms with Crippen LogP contribution in [0.2, 0.25) is 0 Å². The molecule has 1 heterocycles. The zero-order valence-corrected chi connectivity index (χ0v) is 4.96. The highest BCUT2D eigenvalue weighted by molar-refractivity contribution is 5.37. The monoisotopic (exact) mass is 127 g/mol. The zero-order chi connectivity index (χ0) is 6.53. The van der Waals surface area contributed by atoms with Gasteiger partial charge in [0.25, 0.3) is 0 Å². The molecule has 0 amide bonds. The standard InChI is InChI=1S/C5H9N3O/c9-2-1-6-5-3-7-8-4-5/h3-4,6,9H,1-2H2,(H,7,8). The van der Waals surface area contributed by atoms with Crippen LogP contribution in [0.1, 0.15) is 0 Å². The summed E-state index contributed by atoms with van der Waals surface area (Å²) in [6.07, 6.45) is 3.39. The van der Waals surface area contributed by atoms with E-state index in [0.29, 0.717) is 6.54 Å². The second kappa shape index (κ2) is 3.09. The minimum absolute atomic E-state index is 0.144. The number of anilines is 1. The van der Waals surface area contributed by atoms with Crippen LogP contribution in [0.4, 0.5) is 5.69 Å². The molecule has 0 radical (unpaired) electrons. The van der Waals surface area contributed by atoms with Crippen molar-refractivity contribution in [3.05, 3.63) is 12.4 Å². The van der Waals surface area contributed by atoms with Gasteiger partial charge in [0.1, 0.15) is 0 Å². The number of rotatable bonds is 3. The smallest absolute Gasteiger partial charge is 0.0724 e. The van der Waals surface area contributed by atoms with E-state index in [4.69, 9.17) is 5.11 Å². The topological polar surface area (TPSA) is 60.9 Å². The molecule has 0 fully saturated rings. The molecule has 50 valence electrons. The number of hydrogen-bond acceptors (Lipinski definition) is 3. The third kappa shape index (κ3) is 1.73. The molecule has 0 atom stereocenters. The number of nitrogens with zero attached hydrogens (tertiary/aromatic N) is 1. The third-order valence-electron chi connectivity index (χ3n) is 0.939. The van der Waals surface area contributed by atoms with Gasteiger partial charge in [-0.1, -0.05) is 0 Å². The number of aliphatic hydroxyl groups excluding tert-OH is 1. The van der Waals surface area contributed by atoms with Crippen molar-refractivity contribution in [2.75, 3.05) is 18.5 Å². The van der Waals surface area contributed by atoms with Gasteiger partial charge >= 0.3 is 0 Å². The van der Waals surface area contributed by atoms with Crippen LogP contribution in [0.3, 0.4) is 0 Å². The fourth-order valence-electron chi connectivity index (χ4n) is 0.548. The Bertz CT molecular complexity index is 149. The highest BCUT2D eigenvalue weighted by Gasteiger charge is 1.87. The fraction of sp³-hybridized carbons (Fsp3) is 0.400. The van der Waals surface area contributed by atoms with Gasteiger partial charge in [0.05, 0.1) is 18.5 Å². The average Bonchev–Trinajstić information content (AvgIpc) is 2.34. The van der Waals surface area contributed by atoms with Crippen molar-refractivity contribution in [3.8, 4) is 0 Å². The molecule has 0 aliphatic rings. The molecule has 0 spiro atoms. The van der Waals surface area contributed by atoms with E-state index in [-0.39, 0.29) is 6.61 Å². The van der Waals surface area contributed by atoms with Crippen molar-refractivity contribution >= 4 is 5.69 Å². The van der Waals surface area contributed by atoms with Gasteiger partial charge in [0, 0.05) is 12.7 Å². The number of aromatic nitrogens is 2. The van der Waals surface area contributed by atoms with Crippen LogP contribution in [0.25, 0.3) is 0 Å². The van der Waals surface area contributed by atoms with E-state index in [0.717, 1.165) is 5.69 Å². The molecule has 3 N–H and O–H groups in total. The summed E-state index contributed by atoms with van der Waals surface area (Å²) in [7, 11) is 0. The fourth-order valence-corrected chi connectivity index (χ4v) is 0.548. The molecule has 9 heavy (non-hydrogen) atoms. The van der Waals surface area contributed by atoms with Crippen LogP contribution in [-0.2, 0) is 0 Å². The van der Waals surface area contributed by atoms with Crippen molar-refractivity contribution in [2.45, 2.75) is 0 Å². The van der Waals surface area contributed by atoms with Crippen LogP contribution in [0.5, 0.6) is 0 Å². The van der Waals surface area contributed by atoms with Gasteiger partial charge in [-0.3, -0.25) is 5.10 Å². The first-order chi connectivity index (χ1) is 4.43. The van der Waals surface area contributed by atoms with Crippen molar-refractivity contribution in [3.63, 3.8) is 0 Å². The Hall–Kier alpha value is -1.03. The molecule has 0 aliphatic carbocycles. The van der Waals surface area contributed by atoms with Gasteiger partial charge in [0.2, 0.25) is 0 Å². The maximum absolute atomic E-state index is 8.37. The van der Waals surface area contributed by atoms with Crippen LogP contribution < -0.4 is 5.32 Å². The quantitative estimate of drug-likeness (QED) is 0.527. The summed E-state index contributed by atoms with van der Waals surface area (Å²) in [6, 6.07) is 0. The maximum Gasteiger partial charge on any atom is 0.0724 e. The summed E-state index contributed by atoms with van der Waals surface area (Å²) in [6.45, 7) is 0.713. The first kappa shape index (κ1) is 6.10. The number of aromatic amines is 1. The molecule has 0 aliphatic heterocycles. The van der Waals surface area contributed by atoms with Gasteiger partial charge < -0.3 is 10.4 Å². The third-order valence-corrected chi connectivity index (χ3v) is 0.939. The Morgan fingerprint density at radius 2 is 2.67 bits per heavy atom. The Morgan fingerprint density at radius 1 is 1.78 bits per heavy atom. The highest BCUT2D eigenvalue weighted by Crippen LogP contribution is 1.98. The lowest BCUT2D eigenvalue weighted by molar-refractivity contribution is 0.311. The van der Waals surface area contributed by atoms with Gasteiger partial charge in [-0.25, -0.2) is 0 Å². The molecular weight excluding hydrogens is 118 g/mol. The molecule has 1 rings (SSSR count). The van der Waals surface area contributed by atoms with E-state index >= 15 is 0 Å². The Morgan fingerprint density at radius 3 is 3.22 bits per heavy atom. The van der Waals surface area contributed by atoms with Gasteiger partial charge in [-0.2, -0.15) is 5.10 Å². The van der Waals surface area contributed by atoms with Crippen LogP contribution in [0, 0.1) is 0 Å². The van der Waals surface area contributed by atoms with Gasteiger partial charge in [-0.05, 0) is 0 Å². The van der Waals surface area contributed by atoms with Gasteiger partial charge in [-0.15, -0.1) is 0 Å². The molecule has 0 saturated carbocycles. The molecule has 0 bridgehead atoms. The van der Waals surface area contributed by atoms with E-state index in [1.807, 2.05) is 0 Å². The zero-order valence-electron chi connectivity index (χ0n) is 4.96. The predicted octanol–water partition coefficient (Wildman–Crippen LogP) is -0.186. The van der Waals surface area contributed by atoms with Crippen molar-refractivity contribution < 1.29 is 5.11 Å². The summed E-state index contributed by atoms with van der Waals surface area (Å²) < 4.78 is 0.